The molecule has 43 heavy (non-hydrogen) atoms. The Bertz CT molecular complexity index is 1750. The molecule has 1 aliphatic rings. The molecule has 0 atom stereocenters. The van der Waals surface area contributed by atoms with E-state index in [1.54, 1.807) is 24.3 Å². The van der Waals surface area contributed by atoms with E-state index in [0.717, 1.165) is 46.4 Å². The maximum Gasteiger partial charge on any atom is 0.251 e. The highest BCUT2D eigenvalue weighted by molar-refractivity contribution is 5.96. The summed E-state index contributed by atoms with van der Waals surface area (Å²) in [6.45, 7) is 4.96. The summed E-state index contributed by atoms with van der Waals surface area (Å²) in [4.78, 5) is 25.9. The van der Waals surface area contributed by atoms with Crippen LogP contribution in [0, 0.1) is 0 Å². The first-order valence-corrected chi connectivity index (χ1v) is 14.9. The number of amides is 2. The molecule has 0 saturated heterocycles. The Balaban J connectivity index is 1.21. The fourth-order valence-electron chi connectivity index (χ4n) is 5.35. The zero-order valence-electron chi connectivity index (χ0n) is 24.8. The molecule has 218 valence electrons. The van der Waals surface area contributed by atoms with Crippen molar-refractivity contribution in [2.24, 2.45) is 0 Å². The van der Waals surface area contributed by atoms with E-state index in [1.165, 1.54) is 5.56 Å². The van der Waals surface area contributed by atoms with Crippen LogP contribution in [0.1, 0.15) is 65.0 Å². The minimum atomic E-state index is -0.194. The van der Waals surface area contributed by atoms with Crippen molar-refractivity contribution in [1.82, 2.24) is 10.6 Å². The van der Waals surface area contributed by atoms with Gasteiger partial charge in [0.25, 0.3) is 11.8 Å². The van der Waals surface area contributed by atoms with Gasteiger partial charge in [-0.3, -0.25) is 9.59 Å². The molecular weight excluding hydrogens is 532 g/mol. The van der Waals surface area contributed by atoms with Gasteiger partial charge in [0.05, 0.1) is 0 Å². The lowest BCUT2D eigenvalue weighted by atomic mass is 9.96. The number of nitrogens with one attached hydrogen (secondary N) is 2. The van der Waals surface area contributed by atoms with E-state index in [4.69, 9.17) is 0 Å². The number of carbonyl (C=O) groups excluding carboxylic acids is 2. The van der Waals surface area contributed by atoms with Gasteiger partial charge in [-0.15, -0.1) is 0 Å². The first-order valence-electron chi connectivity index (χ1n) is 14.9. The molecule has 3 N–H and O–H groups in total. The Morgan fingerprint density at radius 2 is 1.58 bits per heavy atom. The molecule has 5 nitrogen and oxygen atoms in total. The van der Waals surface area contributed by atoms with Crippen molar-refractivity contribution in [2.75, 3.05) is 6.54 Å². The predicted octanol–water partition coefficient (Wildman–Crippen LogP) is 6.00. The Morgan fingerprint density at radius 1 is 0.837 bits per heavy atom. The average Bonchev–Trinajstić information content (AvgIpc) is 3.84. The minimum Gasteiger partial charge on any atom is -0.507 e. The van der Waals surface area contributed by atoms with Crippen LogP contribution in [-0.4, -0.2) is 23.5 Å². The quantitative estimate of drug-likeness (QED) is 0.219. The molecule has 5 rings (SSSR count). The van der Waals surface area contributed by atoms with E-state index in [0.29, 0.717) is 24.2 Å². The Morgan fingerprint density at radius 3 is 2.28 bits per heavy atom. The second-order valence-corrected chi connectivity index (χ2v) is 11.1. The van der Waals surface area contributed by atoms with Gasteiger partial charge in [0.2, 0.25) is 0 Å². The molecule has 0 radical (unpaired) electrons. The molecular formula is C38H38N2O3. The largest absolute Gasteiger partial charge is 0.507 e. The Hall–Kier alpha value is -4.90. The fraction of sp³-hybridized carbons (Fsp3) is 0.211. The summed E-state index contributed by atoms with van der Waals surface area (Å²) in [6, 6.07) is 28.9. The van der Waals surface area contributed by atoms with Crippen molar-refractivity contribution in [3.05, 3.63) is 136 Å². The second kappa shape index (κ2) is 13.4. The topological polar surface area (TPSA) is 78.4 Å². The smallest absolute Gasteiger partial charge is 0.251 e. The van der Waals surface area contributed by atoms with Crippen molar-refractivity contribution in [3.63, 3.8) is 0 Å². The number of hydrogen-bond donors (Lipinski definition) is 3. The number of benzene rings is 4. The van der Waals surface area contributed by atoms with Crippen molar-refractivity contribution in [3.8, 4) is 16.9 Å². The third kappa shape index (κ3) is 7.12. The van der Waals surface area contributed by atoms with Crippen LogP contribution in [0.5, 0.6) is 5.75 Å². The van der Waals surface area contributed by atoms with Gasteiger partial charge in [-0.25, -0.2) is 0 Å². The lowest BCUT2D eigenvalue weighted by Gasteiger charge is -2.16. The highest BCUT2D eigenvalue weighted by Gasteiger charge is 2.44. The number of phenolic OH excluding ortho intramolecular Hbond substituents is 1. The summed E-state index contributed by atoms with van der Waals surface area (Å²) >= 11 is 0. The van der Waals surface area contributed by atoms with Gasteiger partial charge in [0.1, 0.15) is 5.75 Å². The Kier molecular flexibility index (Phi) is 9.21. The number of phenols is 1. The number of allylic oxidation sites excluding steroid dienone is 2. The van der Waals surface area contributed by atoms with Crippen LogP contribution in [0.4, 0.5) is 0 Å². The molecule has 5 heteroatoms. The van der Waals surface area contributed by atoms with Crippen molar-refractivity contribution >= 4 is 24.0 Å². The number of rotatable bonds is 10. The SMILES string of the molecule is C\C=C/C=c1/cc(-c2cccc(C(=O)NCc3ccc(C(=O)NCC4(c5ccccc5)CC4)cc3)c2)cc(O)/c1=C\CC. The molecule has 1 aliphatic carbocycles. The lowest BCUT2D eigenvalue weighted by Crippen LogP contribution is -2.32. The van der Waals surface area contributed by atoms with Gasteiger partial charge < -0.3 is 15.7 Å². The maximum atomic E-state index is 13.0. The van der Waals surface area contributed by atoms with E-state index in [9.17, 15) is 14.7 Å². The summed E-state index contributed by atoms with van der Waals surface area (Å²) in [5, 5.41) is 18.6. The van der Waals surface area contributed by atoms with Crippen LogP contribution in [-0.2, 0) is 12.0 Å². The zero-order chi connectivity index (χ0) is 30.2. The number of aromatic hydroxyl groups is 1. The van der Waals surface area contributed by atoms with Crippen LogP contribution in [0.25, 0.3) is 23.3 Å². The van der Waals surface area contributed by atoms with Crippen LogP contribution in [0.15, 0.2) is 103 Å². The summed E-state index contributed by atoms with van der Waals surface area (Å²) in [7, 11) is 0. The predicted molar refractivity (Wildman–Crippen MR) is 174 cm³/mol. The average molecular weight is 571 g/mol. The normalized spacial score (nSPS) is 14.6. The summed E-state index contributed by atoms with van der Waals surface area (Å²) < 4.78 is 0. The molecule has 1 saturated carbocycles. The number of carbonyl (C=O) groups is 2. The van der Waals surface area contributed by atoms with Gasteiger partial charge in [-0.1, -0.05) is 85.8 Å². The van der Waals surface area contributed by atoms with Gasteiger partial charge >= 0.3 is 0 Å². The zero-order valence-corrected chi connectivity index (χ0v) is 24.8. The van der Waals surface area contributed by atoms with Crippen molar-refractivity contribution < 1.29 is 14.7 Å². The molecule has 1 fully saturated rings. The monoisotopic (exact) mass is 570 g/mol. The van der Waals surface area contributed by atoms with E-state index in [1.807, 2.05) is 92.7 Å². The number of hydrogen-bond acceptors (Lipinski definition) is 3. The first-order chi connectivity index (χ1) is 20.9. The van der Waals surface area contributed by atoms with Gasteiger partial charge in [-0.05, 0) is 90.1 Å². The fourth-order valence-corrected chi connectivity index (χ4v) is 5.35. The summed E-state index contributed by atoms with van der Waals surface area (Å²) in [5.74, 6) is -0.0711. The standard InChI is InChI=1S/C38H38N2O3/c1-3-5-11-30-23-32(24-35(41)34(30)10-4-2)29-12-9-13-31(22-29)37(43)39-25-27-16-18-28(19-17-27)36(42)40-26-38(20-21-38)33-14-7-6-8-15-33/h3,5-19,22-24,41H,4,20-21,25-26H2,1-2H3,(H,39,43)(H,40,42)/b5-3-,30-11-,34-10-. The van der Waals surface area contributed by atoms with Crippen molar-refractivity contribution in [2.45, 2.75) is 45.1 Å². The highest BCUT2D eigenvalue weighted by atomic mass is 16.3. The lowest BCUT2D eigenvalue weighted by molar-refractivity contribution is 0.0941. The molecule has 4 aromatic carbocycles. The third-order valence-electron chi connectivity index (χ3n) is 8.02. The van der Waals surface area contributed by atoms with Crippen LogP contribution in [0.2, 0.25) is 0 Å². The third-order valence-corrected chi connectivity index (χ3v) is 8.02. The molecule has 0 heterocycles. The molecule has 4 aromatic rings. The van der Waals surface area contributed by atoms with Gasteiger partial charge in [0, 0.05) is 34.9 Å². The second-order valence-electron chi connectivity index (χ2n) is 11.1. The van der Waals surface area contributed by atoms with Crippen molar-refractivity contribution in [1.29, 1.82) is 0 Å². The van der Waals surface area contributed by atoms with Crippen LogP contribution >= 0.6 is 0 Å². The molecule has 0 aliphatic heterocycles. The molecule has 2 amide bonds. The minimum absolute atomic E-state index is 0.0586. The van der Waals surface area contributed by atoms with E-state index in [2.05, 4.69) is 22.8 Å². The molecule has 0 aromatic heterocycles. The molecule has 0 spiro atoms. The Labute approximate surface area is 253 Å². The van der Waals surface area contributed by atoms with Gasteiger partial charge in [-0.2, -0.15) is 0 Å². The molecule has 0 bridgehead atoms. The van der Waals surface area contributed by atoms with E-state index < -0.39 is 0 Å². The molecule has 0 unspecified atom stereocenters. The summed E-state index contributed by atoms with van der Waals surface area (Å²) in [6.07, 6.45) is 10.9. The van der Waals surface area contributed by atoms with Crippen LogP contribution < -0.4 is 21.1 Å². The maximum absolute atomic E-state index is 13.0. The van der Waals surface area contributed by atoms with E-state index >= 15 is 0 Å². The van der Waals surface area contributed by atoms with Crippen LogP contribution in [0.3, 0.4) is 0 Å². The van der Waals surface area contributed by atoms with Gasteiger partial charge in [0.15, 0.2) is 0 Å². The highest BCUT2D eigenvalue weighted by Crippen LogP contribution is 2.47. The summed E-state index contributed by atoms with van der Waals surface area (Å²) in [5.41, 5.74) is 5.05. The van der Waals surface area contributed by atoms with E-state index in [-0.39, 0.29) is 23.0 Å². The first kappa shape index (κ1) is 29.6.